The molecule has 0 aliphatic carbocycles. The minimum Gasteiger partial charge on any atom is -0.354 e. The van der Waals surface area contributed by atoms with Crippen molar-refractivity contribution >= 4 is 62.3 Å². The molecule has 226 valence electrons. The maximum Gasteiger partial charge on any atom is 0.416 e. The predicted octanol–water partition coefficient (Wildman–Crippen LogP) is 6.80. The maximum atomic E-state index is 13.9. The van der Waals surface area contributed by atoms with Gasteiger partial charge in [-0.3, -0.25) is 13.9 Å². The van der Waals surface area contributed by atoms with E-state index in [1.54, 1.807) is 12.1 Å². The third-order valence-corrected chi connectivity index (χ3v) is 9.04. The molecule has 0 saturated heterocycles. The highest BCUT2D eigenvalue weighted by atomic mass is 35.5. The molecule has 0 aliphatic heterocycles. The summed E-state index contributed by atoms with van der Waals surface area (Å²) in [4.78, 5) is 27.6. The second-order valence-electron chi connectivity index (χ2n) is 9.23. The number of benzene rings is 3. The lowest BCUT2D eigenvalue weighted by Gasteiger charge is -2.32. The number of carbonyl (C=O) groups excluding carboxylic acids is 2. The normalized spacial score (nSPS) is 12.5. The molecule has 0 spiro atoms. The van der Waals surface area contributed by atoms with Crippen LogP contribution in [-0.4, -0.2) is 44.3 Å². The van der Waals surface area contributed by atoms with Crippen LogP contribution in [0.1, 0.15) is 31.4 Å². The second-order valence-corrected chi connectivity index (χ2v) is 12.3. The van der Waals surface area contributed by atoms with Crippen molar-refractivity contribution in [1.82, 2.24) is 10.2 Å². The quantitative estimate of drug-likeness (QED) is 0.244. The van der Waals surface area contributed by atoms with Crippen molar-refractivity contribution in [1.29, 1.82) is 0 Å². The Balaban J connectivity index is 2.12. The molecule has 0 saturated carbocycles. The number of hydrogen-bond acceptors (Lipinski definition) is 4. The highest BCUT2D eigenvalue weighted by Gasteiger charge is 2.36. The Labute approximate surface area is 257 Å². The van der Waals surface area contributed by atoms with Crippen molar-refractivity contribution < 1.29 is 31.2 Å². The summed E-state index contributed by atoms with van der Waals surface area (Å²) in [7, 11) is -4.62. The fourth-order valence-electron chi connectivity index (χ4n) is 3.93. The Bertz CT molecular complexity index is 1540. The fraction of sp³-hybridized carbons (Fsp3) is 0.286. The van der Waals surface area contributed by atoms with Crippen LogP contribution in [0.15, 0.2) is 71.6 Å². The van der Waals surface area contributed by atoms with Gasteiger partial charge in [-0.05, 0) is 61.4 Å². The van der Waals surface area contributed by atoms with Crippen molar-refractivity contribution in [2.24, 2.45) is 0 Å². The van der Waals surface area contributed by atoms with E-state index < -0.39 is 51.9 Å². The molecular formula is C28H27Cl3F3N3O4S. The molecule has 3 rings (SSSR count). The fourth-order valence-corrected chi connectivity index (χ4v) is 5.96. The topological polar surface area (TPSA) is 86.8 Å². The maximum absolute atomic E-state index is 13.9. The molecule has 14 heteroatoms. The molecule has 42 heavy (non-hydrogen) atoms. The average molecular weight is 665 g/mol. The molecule has 3 aromatic rings. The summed E-state index contributed by atoms with van der Waals surface area (Å²) in [6, 6.07) is 12.5. The van der Waals surface area contributed by atoms with Gasteiger partial charge in [-0.15, -0.1) is 0 Å². The van der Waals surface area contributed by atoms with Gasteiger partial charge < -0.3 is 10.2 Å². The molecule has 1 atom stereocenters. The third kappa shape index (κ3) is 8.09. The molecule has 3 aromatic carbocycles. The zero-order valence-corrected chi connectivity index (χ0v) is 25.5. The van der Waals surface area contributed by atoms with Crippen molar-refractivity contribution in [3.63, 3.8) is 0 Å². The minimum atomic E-state index is -4.82. The van der Waals surface area contributed by atoms with Gasteiger partial charge in [0.25, 0.3) is 10.0 Å². The summed E-state index contributed by atoms with van der Waals surface area (Å²) in [5.74, 6) is -1.40. The highest BCUT2D eigenvalue weighted by molar-refractivity contribution is 7.92. The molecule has 2 amide bonds. The lowest BCUT2D eigenvalue weighted by atomic mass is 10.1. The first-order valence-corrected chi connectivity index (χ1v) is 15.2. The van der Waals surface area contributed by atoms with E-state index in [1.807, 2.05) is 6.92 Å². The van der Waals surface area contributed by atoms with Crippen LogP contribution < -0.4 is 9.62 Å². The largest absolute Gasteiger partial charge is 0.416 e. The lowest BCUT2D eigenvalue weighted by molar-refractivity contribution is -0.139. The van der Waals surface area contributed by atoms with E-state index >= 15 is 0 Å². The first kappa shape index (κ1) is 33.5. The van der Waals surface area contributed by atoms with Gasteiger partial charge in [-0.2, -0.15) is 13.2 Å². The zero-order valence-electron chi connectivity index (χ0n) is 22.5. The number of rotatable bonds is 11. The number of alkyl halides is 3. The van der Waals surface area contributed by atoms with Crippen LogP contribution in [0.25, 0.3) is 0 Å². The van der Waals surface area contributed by atoms with Gasteiger partial charge in [-0.1, -0.05) is 66.0 Å². The molecule has 0 aromatic heterocycles. The number of nitrogens with one attached hydrogen (secondary N) is 1. The van der Waals surface area contributed by atoms with Crippen molar-refractivity contribution in [2.45, 2.75) is 43.9 Å². The van der Waals surface area contributed by atoms with Crippen LogP contribution in [0.3, 0.4) is 0 Å². The minimum absolute atomic E-state index is 0.189. The number of halogens is 6. The first-order chi connectivity index (χ1) is 19.7. The Hall–Kier alpha value is -2.99. The van der Waals surface area contributed by atoms with Crippen LogP contribution in [0.2, 0.25) is 15.1 Å². The van der Waals surface area contributed by atoms with Gasteiger partial charge in [0.05, 0.1) is 31.2 Å². The van der Waals surface area contributed by atoms with E-state index in [1.165, 1.54) is 43.3 Å². The van der Waals surface area contributed by atoms with Crippen LogP contribution in [0.5, 0.6) is 0 Å². The molecule has 0 aliphatic rings. The monoisotopic (exact) mass is 663 g/mol. The van der Waals surface area contributed by atoms with Crippen LogP contribution in [-0.2, 0) is 32.3 Å². The van der Waals surface area contributed by atoms with E-state index in [9.17, 15) is 31.2 Å². The van der Waals surface area contributed by atoms with Crippen LogP contribution in [0.4, 0.5) is 18.9 Å². The number of amides is 2. The summed E-state index contributed by atoms with van der Waals surface area (Å²) >= 11 is 18.4. The molecule has 0 radical (unpaired) electrons. The SMILES string of the molecule is CCCNC(=O)[C@H](C)N(Cc1ccc(Cl)c(Cl)c1)C(=O)CN(c1cc(C(F)(F)F)ccc1Cl)S(=O)(=O)c1ccccc1. The lowest BCUT2D eigenvalue weighted by Crippen LogP contribution is -2.51. The van der Waals surface area contributed by atoms with Crippen molar-refractivity contribution in [2.75, 3.05) is 17.4 Å². The molecule has 0 bridgehead atoms. The average Bonchev–Trinajstić information content (AvgIpc) is 2.94. The Morgan fingerprint density at radius 3 is 2.17 bits per heavy atom. The van der Waals surface area contributed by atoms with E-state index in [-0.39, 0.29) is 26.5 Å². The smallest absolute Gasteiger partial charge is 0.354 e. The predicted molar refractivity (Wildman–Crippen MR) is 157 cm³/mol. The third-order valence-electron chi connectivity index (χ3n) is 6.21. The second kappa shape index (κ2) is 14.0. The van der Waals surface area contributed by atoms with Gasteiger partial charge in [0.15, 0.2) is 0 Å². The number of carbonyl (C=O) groups is 2. The van der Waals surface area contributed by atoms with Crippen LogP contribution in [0, 0.1) is 0 Å². The number of nitrogens with zero attached hydrogens (tertiary/aromatic N) is 2. The summed E-state index contributed by atoms with van der Waals surface area (Å²) in [6.45, 7) is 2.46. The molecule has 0 heterocycles. The van der Waals surface area contributed by atoms with Gasteiger partial charge in [-0.25, -0.2) is 8.42 Å². The van der Waals surface area contributed by atoms with E-state index in [4.69, 9.17) is 34.8 Å². The standard InChI is InChI=1S/C28H27Cl3F3N3O4S/c1-3-13-35-27(39)18(2)36(16-19-9-11-22(29)24(31)14-19)26(38)17-37(42(40,41)21-7-5-4-6-8-21)25-15-20(28(32,33)34)10-12-23(25)30/h4-12,14-15,18H,3,13,16-17H2,1-2H3,(H,35,39)/t18-/m0/s1. The molecule has 0 fully saturated rings. The van der Waals surface area contributed by atoms with Gasteiger partial charge in [0.1, 0.15) is 12.6 Å². The van der Waals surface area contributed by atoms with Crippen LogP contribution >= 0.6 is 34.8 Å². The van der Waals surface area contributed by atoms with Gasteiger partial charge >= 0.3 is 6.18 Å². The molecule has 0 unspecified atom stereocenters. The Kier molecular flexibility index (Phi) is 11.2. The Morgan fingerprint density at radius 1 is 0.929 bits per heavy atom. The van der Waals surface area contributed by atoms with Gasteiger partial charge in [0.2, 0.25) is 11.8 Å². The number of anilines is 1. The van der Waals surface area contributed by atoms with Crippen molar-refractivity contribution in [3.05, 3.63) is 92.9 Å². The van der Waals surface area contributed by atoms with Gasteiger partial charge in [0, 0.05) is 13.1 Å². The summed E-state index contributed by atoms with van der Waals surface area (Å²) in [6.07, 6.45) is -4.20. The molecular weight excluding hydrogens is 638 g/mol. The summed E-state index contributed by atoms with van der Waals surface area (Å²) < 4.78 is 69.0. The summed E-state index contributed by atoms with van der Waals surface area (Å²) in [5, 5.41) is 2.80. The number of hydrogen-bond donors (Lipinski definition) is 1. The highest BCUT2D eigenvalue weighted by Crippen LogP contribution is 2.37. The van der Waals surface area contributed by atoms with E-state index in [2.05, 4.69) is 5.32 Å². The Morgan fingerprint density at radius 2 is 1.57 bits per heavy atom. The van der Waals surface area contributed by atoms with E-state index in [0.29, 0.717) is 35.0 Å². The number of sulfonamides is 1. The molecule has 1 N–H and O–H groups in total. The molecule has 7 nitrogen and oxygen atoms in total. The summed E-state index contributed by atoms with van der Waals surface area (Å²) in [5.41, 5.74) is -1.24. The first-order valence-electron chi connectivity index (χ1n) is 12.6. The van der Waals surface area contributed by atoms with E-state index in [0.717, 1.165) is 11.0 Å². The zero-order chi connectivity index (χ0) is 31.2. The van der Waals surface area contributed by atoms with Crippen molar-refractivity contribution in [3.8, 4) is 0 Å².